The molecule has 2 aliphatic rings. The summed E-state index contributed by atoms with van der Waals surface area (Å²) in [6.07, 6.45) is 5.80. The molecule has 2 heterocycles. The molecule has 5 rings (SSSR count). The molecule has 6 heteroatoms. The highest BCUT2D eigenvalue weighted by molar-refractivity contribution is 5.92. The van der Waals surface area contributed by atoms with E-state index in [-0.39, 0.29) is 11.8 Å². The molecule has 6 nitrogen and oxygen atoms in total. The quantitative estimate of drug-likeness (QED) is 0.733. The van der Waals surface area contributed by atoms with Crippen LogP contribution < -0.4 is 5.32 Å². The number of carbonyl (C=O) groups excluding carboxylic acids is 1. The summed E-state index contributed by atoms with van der Waals surface area (Å²) < 4.78 is 2.22. The first-order valence-electron chi connectivity index (χ1n) is 10.2. The fraction of sp³-hybridized carbons (Fsp3) is 0.391. The molecule has 1 aromatic carbocycles. The molecule has 0 aliphatic heterocycles. The number of rotatable bonds is 4. The number of pyridine rings is 1. The van der Waals surface area contributed by atoms with Crippen molar-refractivity contribution in [3.63, 3.8) is 0 Å². The first-order valence-corrected chi connectivity index (χ1v) is 10.2. The third-order valence-electron chi connectivity index (χ3n) is 6.74. The summed E-state index contributed by atoms with van der Waals surface area (Å²) in [5, 5.41) is 12.1. The van der Waals surface area contributed by atoms with Crippen LogP contribution in [0.15, 0.2) is 42.9 Å². The van der Waals surface area contributed by atoms with Crippen molar-refractivity contribution in [1.82, 2.24) is 14.5 Å². The first-order chi connectivity index (χ1) is 14.0. The van der Waals surface area contributed by atoms with Crippen LogP contribution in [-0.4, -0.2) is 20.4 Å². The van der Waals surface area contributed by atoms with Crippen molar-refractivity contribution < 1.29 is 4.79 Å². The lowest BCUT2D eigenvalue weighted by molar-refractivity contribution is -0.120. The Bertz CT molecular complexity index is 1110. The average molecular weight is 385 g/mol. The lowest BCUT2D eigenvalue weighted by Crippen LogP contribution is -2.24. The first kappa shape index (κ1) is 17.9. The molecule has 0 saturated heterocycles. The normalized spacial score (nSPS) is 26.0. The molecular weight excluding hydrogens is 362 g/mol. The van der Waals surface area contributed by atoms with E-state index in [0.717, 1.165) is 29.4 Å². The number of nitrogens with one attached hydrogen (secondary N) is 1. The molecule has 0 bridgehead atoms. The molecule has 146 valence electrons. The molecule has 3 unspecified atom stereocenters. The van der Waals surface area contributed by atoms with Crippen molar-refractivity contribution in [3.05, 3.63) is 54.0 Å². The smallest absolute Gasteiger partial charge is 0.228 e. The van der Waals surface area contributed by atoms with E-state index in [1.807, 2.05) is 50.5 Å². The second-order valence-corrected chi connectivity index (χ2v) is 8.50. The SMILES string of the molecule is Cc1ccc(NC(=O)C(C)C2[C@H]3CC(n4cnc5ccc(C#N)cc54)C[C@@H]23)nc1. The fourth-order valence-corrected chi connectivity index (χ4v) is 5.17. The van der Waals surface area contributed by atoms with Crippen LogP contribution >= 0.6 is 0 Å². The summed E-state index contributed by atoms with van der Waals surface area (Å²) in [5.41, 5.74) is 3.70. The van der Waals surface area contributed by atoms with E-state index in [1.54, 1.807) is 6.20 Å². The highest BCUT2D eigenvalue weighted by atomic mass is 16.2. The van der Waals surface area contributed by atoms with Gasteiger partial charge in [0.1, 0.15) is 5.82 Å². The van der Waals surface area contributed by atoms with Gasteiger partial charge in [0.05, 0.1) is 29.0 Å². The molecule has 2 fully saturated rings. The Hall–Kier alpha value is -3.20. The van der Waals surface area contributed by atoms with Crippen LogP contribution in [0, 0.1) is 41.9 Å². The molecule has 1 amide bonds. The van der Waals surface area contributed by atoms with E-state index in [2.05, 4.69) is 25.9 Å². The number of aryl methyl sites for hydroxylation is 1. The molecule has 2 saturated carbocycles. The maximum Gasteiger partial charge on any atom is 0.228 e. The molecule has 2 aliphatic carbocycles. The van der Waals surface area contributed by atoms with Gasteiger partial charge in [-0.3, -0.25) is 4.79 Å². The largest absolute Gasteiger partial charge is 0.327 e. The van der Waals surface area contributed by atoms with Crippen LogP contribution in [0.1, 0.15) is 36.9 Å². The zero-order valence-electron chi connectivity index (χ0n) is 16.5. The maximum atomic E-state index is 12.7. The molecular formula is C23H23N5O. The number of hydrogen-bond donors (Lipinski definition) is 1. The minimum Gasteiger partial charge on any atom is -0.327 e. The van der Waals surface area contributed by atoms with Crippen LogP contribution in [-0.2, 0) is 4.79 Å². The third-order valence-corrected chi connectivity index (χ3v) is 6.74. The number of anilines is 1. The van der Waals surface area contributed by atoms with Crippen molar-refractivity contribution in [2.45, 2.75) is 32.7 Å². The predicted molar refractivity (Wildman–Crippen MR) is 110 cm³/mol. The van der Waals surface area contributed by atoms with Gasteiger partial charge in [0.2, 0.25) is 5.91 Å². The second-order valence-electron chi connectivity index (χ2n) is 8.50. The van der Waals surface area contributed by atoms with Crippen LogP contribution in [0.25, 0.3) is 11.0 Å². The second kappa shape index (κ2) is 6.70. The maximum absolute atomic E-state index is 12.7. The minimum atomic E-state index is -0.0150. The third kappa shape index (κ3) is 3.07. The summed E-state index contributed by atoms with van der Waals surface area (Å²) in [6.45, 7) is 4.01. The van der Waals surface area contributed by atoms with Gasteiger partial charge >= 0.3 is 0 Å². The number of imidazole rings is 1. The zero-order valence-corrected chi connectivity index (χ0v) is 16.5. The van der Waals surface area contributed by atoms with Crippen molar-refractivity contribution in [1.29, 1.82) is 5.26 Å². The average Bonchev–Trinajstić information content (AvgIpc) is 3.07. The number of nitrogens with zero attached hydrogens (tertiary/aromatic N) is 4. The Morgan fingerprint density at radius 1 is 1.24 bits per heavy atom. The summed E-state index contributed by atoms with van der Waals surface area (Å²) in [6, 6.07) is 12.1. The highest BCUT2D eigenvalue weighted by Crippen LogP contribution is 2.64. The van der Waals surface area contributed by atoms with E-state index in [1.165, 1.54) is 0 Å². The van der Waals surface area contributed by atoms with Gasteiger partial charge in [-0.25, -0.2) is 9.97 Å². The minimum absolute atomic E-state index is 0.0150. The van der Waals surface area contributed by atoms with Crippen molar-refractivity contribution in [2.75, 3.05) is 5.32 Å². The Kier molecular flexibility index (Phi) is 4.13. The fourth-order valence-electron chi connectivity index (χ4n) is 5.17. The van der Waals surface area contributed by atoms with Crippen LogP contribution in [0.5, 0.6) is 0 Å². The summed E-state index contributed by atoms with van der Waals surface area (Å²) in [5.74, 6) is 2.28. The van der Waals surface area contributed by atoms with E-state index < -0.39 is 0 Å². The Balaban J connectivity index is 1.25. The standard InChI is InChI=1S/C23H23N5O/c1-13-3-6-21(25-11-13)27-23(29)14(2)22-17-8-16(9-18(17)22)28-12-26-19-5-4-15(10-24)7-20(19)28/h3-7,11-12,14,16-18,22H,8-9H2,1-2H3,(H,25,27,29)/t14?,16?,17-,18+,22?. The monoisotopic (exact) mass is 385 g/mol. The molecule has 5 atom stereocenters. The van der Waals surface area contributed by atoms with Gasteiger partial charge < -0.3 is 9.88 Å². The number of fused-ring (bicyclic) bond motifs is 2. The number of benzene rings is 1. The van der Waals surface area contributed by atoms with Crippen LogP contribution in [0.4, 0.5) is 5.82 Å². The Labute approximate surface area is 169 Å². The van der Waals surface area contributed by atoms with Gasteiger partial charge in [-0.05, 0) is 67.3 Å². The lowest BCUT2D eigenvalue weighted by Gasteiger charge is -2.19. The number of hydrogen-bond acceptors (Lipinski definition) is 4. The molecule has 0 spiro atoms. The van der Waals surface area contributed by atoms with Crippen molar-refractivity contribution in [3.8, 4) is 6.07 Å². The summed E-state index contributed by atoms with van der Waals surface area (Å²) in [7, 11) is 0. The molecule has 29 heavy (non-hydrogen) atoms. The summed E-state index contributed by atoms with van der Waals surface area (Å²) >= 11 is 0. The number of aromatic nitrogens is 3. The molecule has 0 radical (unpaired) electrons. The van der Waals surface area contributed by atoms with Gasteiger partial charge in [0, 0.05) is 18.2 Å². The van der Waals surface area contributed by atoms with Gasteiger partial charge in [0.15, 0.2) is 0 Å². The van der Waals surface area contributed by atoms with Gasteiger partial charge in [-0.15, -0.1) is 0 Å². The lowest BCUT2D eigenvalue weighted by atomic mass is 9.96. The van der Waals surface area contributed by atoms with Crippen molar-refractivity contribution in [2.24, 2.45) is 23.7 Å². The number of carbonyl (C=O) groups is 1. The van der Waals surface area contributed by atoms with Crippen LogP contribution in [0.2, 0.25) is 0 Å². The topological polar surface area (TPSA) is 83.6 Å². The Morgan fingerprint density at radius 3 is 2.72 bits per heavy atom. The number of nitriles is 1. The molecule has 2 aromatic heterocycles. The predicted octanol–water partition coefficient (Wildman–Crippen LogP) is 4.08. The van der Waals surface area contributed by atoms with E-state index >= 15 is 0 Å². The highest BCUT2D eigenvalue weighted by Gasteiger charge is 2.59. The molecule has 1 N–H and O–H groups in total. The van der Waals surface area contributed by atoms with Crippen molar-refractivity contribution >= 4 is 22.8 Å². The molecule has 3 aromatic rings. The zero-order chi connectivity index (χ0) is 20.1. The Morgan fingerprint density at radius 2 is 2.03 bits per heavy atom. The van der Waals surface area contributed by atoms with Gasteiger partial charge in [-0.1, -0.05) is 13.0 Å². The van der Waals surface area contributed by atoms with E-state index in [4.69, 9.17) is 0 Å². The summed E-state index contributed by atoms with van der Waals surface area (Å²) in [4.78, 5) is 21.4. The number of amides is 1. The van der Waals surface area contributed by atoms with E-state index in [0.29, 0.717) is 35.2 Å². The van der Waals surface area contributed by atoms with E-state index in [9.17, 15) is 10.1 Å². The van der Waals surface area contributed by atoms with Gasteiger partial charge in [0.25, 0.3) is 0 Å². The van der Waals surface area contributed by atoms with Gasteiger partial charge in [-0.2, -0.15) is 5.26 Å². The van der Waals surface area contributed by atoms with Crippen LogP contribution in [0.3, 0.4) is 0 Å².